The smallest absolute Gasteiger partial charge is 0.324 e. The second kappa shape index (κ2) is 6.36. The van der Waals surface area contributed by atoms with Crippen LogP contribution in [0.1, 0.15) is 12.0 Å². The number of methoxy groups -OCH3 is 1. The Morgan fingerprint density at radius 1 is 1.42 bits per heavy atom. The first kappa shape index (κ1) is 15.2. The number of esters is 1. The van der Waals surface area contributed by atoms with E-state index in [2.05, 4.69) is 15.4 Å². The molecule has 0 heterocycles. The van der Waals surface area contributed by atoms with Gasteiger partial charge in [-0.15, -0.1) is 12.3 Å². The van der Waals surface area contributed by atoms with Crippen molar-refractivity contribution in [3.63, 3.8) is 0 Å². The molecule has 0 saturated carbocycles. The number of carbonyl (C=O) groups excluding carboxylic acids is 1. The van der Waals surface area contributed by atoms with Crippen molar-refractivity contribution in [3.8, 4) is 12.3 Å². The summed E-state index contributed by atoms with van der Waals surface area (Å²) in [5.41, 5.74) is 0.937. The third-order valence-electron chi connectivity index (χ3n) is 2.44. The van der Waals surface area contributed by atoms with Crippen LogP contribution in [0.25, 0.3) is 0 Å². The number of terminal acetylenes is 1. The lowest BCUT2D eigenvalue weighted by Gasteiger charge is -2.14. The molecule has 0 aliphatic carbocycles. The summed E-state index contributed by atoms with van der Waals surface area (Å²) in [5, 5.41) is 0. The molecule has 0 saturated heterocycles. The summed E-state index contributed by atoms with van der Waals surface area (Å²) in [6, 6.07) is 5.18. The Morgan fingerprint density at radius 3 is 2.47 bits per heavy atom. The fraction of sp³-hybridized carbons (Fsp3) is 0.308. The van der Waals surface area contributed by atoms with Gasteiger partial charge in [0.1, 0.15) is 6.04 Å². The highest BCUT2D eigenvalue weighted by Gasteiger charge is 2.25. The summed E-state index contributed by atoms with van der Waals surface area (Å²) in [4.78, 5) is 11.5. The molecule has 1 unspecified atom stereocenters. The quantitative estimate of drug-likeness (QED) is 0.641. The maximum atomic E-state index is 12.1. The lowest BCUT2D eigenvalue weighted by Crippen LogP contribution is -2.41. The van der Waals surface area contributed by atoms with Crippen LogP contribution < -0.4 is 4.72 Å². The van der Waals surface area contributed by atoms with Gasteiger partial charge in [-0.2, -0.15) is 4.72 Å². The van der Waals surface area contributed by atoms with E-state index in [9.17, 15) is 13.2 Å². The van der Waals surface area contributed by atoms with Crippen molar-refractivity contribution in [3.05, 3.63) is 29.8 Å². The molecular formula is C13H15NO4S. The predicted octanol–water partition coefficient (Wildman–Crippen LogP) is 0.838. The van der Waals surface area contributed by atoms with Crippen molar-refractivity contribution in [1.29, 1.82) is 0 Å². The van der Waals surface area contributed by atoms with E-state index < -0.39 is 22.0 Å². The first-order valence-corrected chi connectivity index (χ1v) is 6.99. The van der Waals surface area contributed by atoms with Gasteiger partial charge in [-0.3, -0.25) is 4.79 Å². The van der Waals surface area contributed by atoms with Gasteiger partial charge in [-0.1, -0.05) is 17.7 Å². The summed E-state index contributed by atoms with van der Waals surface area (Å²) >= 11 is 0. The van der Waals surface area contributed by atoms with Crippen molar-refractivity contribution in [2.24, 2.45) is 0 Å². The largest absolute Gasteiger partial charge is 0.468 e. The molecule has 5 nitrogen and oxygen atoms in total. The number of carbonyl (C=O) groups is 1. The van der Waals surface area contributed by atoms with Crippen molar-refractivity contribution >= 4 is 16.0 Å². The molecule has 0 radical (unpaired) electrons. The van der Waals surface area contributed by atoms with E-state index in [0.29, 0.717) is 0 Å². The average molecular weight is 281 g/mol. The van der Waals surface area contributed by atoms with Gasteiger partial charge in [0.05, 0.1) is 12.0 Å². The van der Waals surface area contributed by atoms with E-state index in [-0.39, 0.29) is 11.3 Å². The Bertz CT molecular complexity index is 584. The highest BCUT2D eigenvalue weighted by Crippen LogP contribution is 2.11. The minimum absolute atomic E-state index is 0.0717. The van der Waals surface area contributed by atoms with Crippen LogP contribution >= 0.6 is 0 Å². The van der Waals surface area contributed by atoms with E-state index in [1.54, 1.807) is 12.1 Å². The third kappa shape index (κ3) is 4.09. The fourth-order valence-corrected chi connectivity index (χ4v) is 2.59. The predicted molar refractivity (Wildman–Crippen MR) is 70.8 cm³/mol. The molecule has 0 fully saturated rings. The monoisotopic (exact) mass is 281 g/mol. The van der Waals surface area contributed by atoms with Gasteiger partial charge in [0.25, 0.3) is 0 Å². The number of rotatable bonds is 5. The number of aryl methyl sites for hydroxylation is 1. The normalized spacial score (nSPS) is 12.5. The minimum atomic E-state index is -3.80. The zero-order chi connectivity index (χ0) is 14.5. The first-order chi connectivity index (χ1) is 8.90. The molecule has 6 heteroatoms. The Balaban J connectivity index is 2.97. The van der Waals surface area contributed by atoms with Crippen LogP contribution in [-0.2, 0) is 19.6 Å². The van der Waals surface area contributed by atoms with Gasteiger partial charge in [0, 0.05) is 6.42 Å². The van der Waals surface area contributed by atoms with E-state index in [0.717, 1.165) is 5.56 Å². The Kier molecular flexibility index (Phi) is 5.10. The molecule has 0 spiro atoms. The van der Waals surface area contributed by atoms with Crippen LogP contribution in [0.15, 0.2) is 29.2 Å². The maximum absolute atomic E-state index is 12.1. The maximum Gasteiger partial charge on any atom is 0.324 e. The second-order valence-electron chi connectivity index (χ2n) is 3.92. The summed E-state index contributed by atoms with van der Waals surface area (Å²) in [5.74, 6) is 1.52. The minimum Gasteiger partial charge on any atom is -0.468 e. The molecule has 1 aromatic rings. The summed E-state index contributed by atoms with van der Waals surface area (Å²) in [6.45, 7) is 1.85. The van der Waals surface area contributed by atoms with Crippen molar-refractivity contribution in [1.82, 2.24) is 4.72 Å². The molecule has 1 aromatic carbocycles. The molecule has 0 aliphatic rings. The van der Waals surface area contributed by atoms with Crippen molar-refractivity contribution in [2.75, 3.05) is 7.11 Å². The van der Waals surface area contributed by atoms with Gasteiger partial charge >= 0.3 is 5.97 Å². The van der Waals surface area contributed by atoms with Crippen LogP contribution in [0, 0.1) is 19.3 Å². The summed E-state index contributed by atoms with van der Waals surface area (Å²) < 4.78 is 30.9. The standard InChI is InChI=1S/C13H15NO4S/c1-4-5-12(13(15)18-3)14-19(16,17)11-8-6-10(2)7-9-11/h1,6-9,12,14H,5H2,2-3H3. The summed E-state index contributed by atoms with van der Waals surface area (Å²) in [7, 11) is -2.63. The number of nitrogens with one attached hydrogen (secondary N) is 1. The van der Waals surface area contributed by atoms with Crippen LogP contribution in [0.2, 0.25) is 0 Å². The average Bonchev–Trinajstić information content (AvgIpc) is 2.37. The Morgan fingerprint density at radius 2 is 2.00 bits per heavy atom. The molecule has 1 N–H and O–H groups in total. The van der Waals surface area contributed by atoms with Gasteiger partial charge in [-0.25, -0.2) is 8.42 Å². The molecule has 19 heavy (non-hydrogen) atoms. The molecule has 0 aliphatic heterocycles. The van der Waals surface area contributed by atoms with Gasteiger partial charge in [0.15, 0.2) is 0 Å². The molecule has 102 valence electrons. The van der Waals surface area contributed by atoms with E-state index in [1.165, 1.54) is 19.2 Å². The Hall–Kier alpha value is -1.84. The van der Waals surface area contributed by atoms with Crippen LogP contribution in [0.4, 0.5) is 0 Å². The second-order valence-corrected chi connectivity index (χ2v) is 5.63. The summed E-state index contributed by atoms with van der Waals surface area (Å²) in [6.07, 6.45) is 5.04. The van der Waals surface area contributed by atoms with E-state index in [1.807, 2.05) is 6.92 Å². The molecule has 0 aromatic heterocycles. The van der Waals surface area contributed by atoms with Gasteiger partial charge in [-0.05, 0) is 19.1 Å². The molecule has 1 atom stereocenters. The van der Waals surface area contributed by atoms with Crippen LogP contribution in [0.5, 0.6) is 0 Å². The number of benzene rings is 1. The zero-order valence-electron chi connectivity index (χ0n) is 10.7. The zero-order valence-corrected chi connectivity index (χ0v) is 11.5. The lowest BCUT2D eigenvalue weighted by atomic mass is 10.2. The Labute approximate surface area is 113 Å². The van der Waals surface area contributed by atoms with Crippen LogP contribution in [0.3, 0.4) is 0 Å². The molecular weight excluding hydrogens is 266 g/mol. The number of ether oxygens (including phenoxy) is 1. The highest BCUT2D eigenvalue weighted by atomic mass is 32.2. The van der Waals surface area contributed by atoms with Gasteiger partial charge < -0.3 is 4.74 Å². The first-order valence-electron chi connectivity index (χ1n) is 5.51. The number of hydrogen-bond acceptors (Lipinski definition) is 4. The van der Waals surface area contributed by atoms with Gasteiger partial charge in [0.2, 0.25) is 10.0 Å². The molecule has 1 rings (SSSR count). The highest BCUT2D eigenvalue weighted by molar-refractivity contribution is 7.89. The SMILES string of the molecule is C#CCC(NS(=O)(=O)c1ccc(C)cc1)C(=O)OC. The number of sulfonamides is 1. The molecule has 0 bridgehead atoms. The van der Waals surface area contributed by atoms with E-state index in [4.69, 9.17) is 6.42 Å². The third-order valence-corrected chi connectivity index (χ3v) is 3.92. The van der Waals surface area contributed by atoms with Crippen LogP contribution in [-0.4, -0.2) is 27.5 Å². The topological polar surface area (TPSA) is 72.5 Å². The number of hydrogen-bond donors (Lipinski definition) is 1. The molecule has 0 amide bonds. The van der Waals surface area contributed by atoms with E-state index >= 15 is 0 Å². The fourth-order valence-electron chi connectivity index (χ4n) is 1.41. The van der Waals surface area contributed by atoms with Crippen molar-refractivity contribution in [2.45, 2.75) is 24.3 Å². The lowest BCUT2D eigenvalue weighted by molar-refractivity contribution is -0.142. The van der Waals surface area contributed by atoms with Crippen molar-refractivity contribution < 1.29 is 17.9 Å².